The first-order valence-electron chi connectivity index (χ1n) is 5.03. The molecular weight excluding hydrogens is 275 g/mol. The highest BCUT2D eigenvalue weighted by molar-refractivity contribution is 7.99. The SMILES string of the molecule is O=C(O)c1ccc(Sc2ccccc2F)cc1Cl. The molecule has 0 aliphatic carbocycles. The molecule has 0 bridgehead atoms. The van der Waals surface area contributed by atoms with Gasteiger partial charge in [-0.05, 0) is 30.3 Å². The van der Waals surface area contributed by atoms with Gasteiger partial charge < -0.3 is 5.11 Å². The standard InChI is InChI=1S/C13H8ClFO2S/c14-10-7-8(5-6-9(10)13(16)17)18-12-4-2-1-3-11(12)15/h1-7H,(H,16,17). The quantitative estimate of drug-likeness (QED) is 0.910. The Balaban J connectivity index is 2.29. The van der Waals surface area contributed by atoms with E-state index in [2.05, 4.69) is 0 Å². The molecule has 2 nitrogen and oxygen atoms in total. The van der Waals surface area contributed by atoms with E-state index in [0.717, 1.165) is 0 Å². The van der Waals surface area contributed by atoms with E-state index in [9.17, 15) is 9.18 Å². The molecule has 0 fully saturated rings. The zero-order chi connectivity index (χ0) is 13.1. The molecular formula is C13H8ClFO2S. The number of aromatic carboxylic acids is 1. The van der Waals surface area contributed by atoms with Crippen LogP contribution in [0.1, 0.15) is 10.4 Å². The third kappa shape index (κ3) is 2.83. The highest BCUT2D eigenvalue weighted by Gasteiger charge is 2.10. The number of benzene rings is 2. The summed E-state index contributed by atoms with van der Waals surface area (Å²) in [6.07, 6.45) is 0. The van der Waals surface area contributed by atoms with Crippen molar-refractivity contribution in [2.24, 2.45) is 0 Å². The van der Waals surface area contributed by atoms with Crippen molar-refractivity contribution in [3.8, 4) is 0 Å². The predicted molar refractivity (Wildman–Crippen MR) is 68.9 cm³/mol. The van der Waals surface area contributed by atoms with E-state index in [0.29, 0.717) is 9.79 Å². The number of hydrogen-bond acceptors (Lipinski definition) is 2. The molecule has 0 radical (unpaired) electrons. The summed E-state index contributed by atoms with van der Waals surface area (Å²) in [5.74, 6) is -1.40. The number of rotatable bonds is 3. The van der Waals surface area contributed by atoms with Gasteiger partial charge in [0, 0.05) is 9.79 Å². The molecule has 2 aromatic carbocycles. The summed E-state index contributed by atoms with van der Waals surface area (Å²) < 4.78 is 13.4. The molecule has 0 heterocycles. The Bertz CT molecular complexity index is 601. The molecule has 0 aliphatic heterocycles. The van der Waals surface area contributed by atoms with Crippen LogP contribution in [0.25, 0.3) is 0 Å². The van der Waals surface area contributed by atoms with Crippen molar-refractivity contribution in [1.82, 2.24) is 0 Å². The van der Waals surface area contributed by atoms with Gasteiger partial charge in [0.1, 0.15) is 5.82 Å². The minimum atomic E-state index is -1.08. The lowest BCUT2D eigenvalue weighted by atomic mass is 10.2. The summed E-state index contributed by atoms with van der Waals surface area (Å²) in [4.78, 5) is 12.0. The largest absolute Gasteiger partial charge is 0.478 e. The molecule has 92 valence electrons. The molecule has 2 aromatic rings. The van der Waals surface area contributed by atoms with Gasteiger partial charge in [-0.15, -0.1) is 0 Å². The summed E-state index contributed by atoms with van der Waals surface area (Å²) in [6.45, 7) is 0. The summed E-state index contributed by atoms with van der Waals surface area (Å²) >= 11 is 7.04. The average Bonchev–Trinajstić information content (AvgIpc) is 2.32. The molecule has 1 N–H and O–H groups in total. The first kappa shape index (κ1) is 12.9. The van der Waals surface area contributed by atoms with Crippen LogP contribution >= 0.6 is 23.4 Å². The molecule has 0 unspecified atom stereocenters. The van der Waals surface area contributed by atoms with Crippen LogP contribution in [0, 0.1) is 5.82 Å². The van der Waals surface area contributed by atoms with Crippen molar-refractivity contribution in [2.45, 2.75) is 9.79 Å². The number of hydrogen-bond donors (Lipinski definition) is 1. The van der Waals surface area contributed by atoms with Crippen LogP contribution in [-0.4, -0.2) is 11.1 Å². The molecule has 18 heavy (non-hydrogen) atoms. The van der Waals surface area contributed by atoms with Gasteiger partial charge in [-0.1, -0.05) is 35.5 Å². The van der Waals surface area contributed by atoms with Crippen LogP contribution in [0.15, 0.2) is 52.3 Å². The first-order valence-corrected chi connectivity index (χ1v) is 6.22. The number of halogens is 2. The summed E-state index contributed by atoms with van der Waals surface area (Å²) in [5.41, 5.74) is 0.0366. The lowest BCUT2D eigenvalue weighted by molar-refractivity contribution is 0.0697. The predicted octanol–water partition coefficient (Wildman–Crippen LogP) is 4.33. The zero-order valence-electron chi connectivity index (χ0n) is 9.06. The van der Waals surface area contributed by atoms with E-state index >= 15 is 0 Å². The van der Waals surface area contributed by atoms with Crippen molar-refractivity contribution in [1.29, 1.82) is 0 Å². The highest BCUT2D eigenvalue weighted by Crippen LogP contribution is 2.32. The summed E-state index contributed by atoms with van der Waals surface area (Å²) in [6, 6.07) is 10.9. The van der Waals surface area contributed by atoms with Crippen molar-refractivity contribution in [3.05, 3.63) is 58.9 Å². The van der Waals surface area contributed by atoms with Crippen LogP contribution in [-0.2, 0) is 0 Å². The Morgan fingerprint density at radius 3 is 2.56 bits per heavy atom. The Labute approximate surface area is 112 Å². The lowest BCUT2D eigenvalue weighted by Gasteiger charge is -2.05. The normalized spacial score (nSPS) is 10.3. The molecule has 0 amide bonds. The monoisotopic (exact) mass is 282 g/mol. The van der Waals surface area contributed by atoms with E-state index in [4.69, 9.17) is 16.7 Å². The molecule has 0 saturated heterocycles. The second-order valence-corrected chi connectivity index (χ2v) is 5.00. The van der Waals surface area contributed by atoms with Crippen molar-refractivity contribution < 1.29 is 14.3 Å². The van der Waals surface area contributed by atoms with E-state index in [1.54, 1.807) is 24.3 Å². The maximum absolute atomic E-state index is 13.4. The van der Waals surface area contributed by atoms with Gasteiger partial charge in [-0.3, -0.25) is 0 Å². The fourth-order valence-electron chi connectivity index (χ4n) is 1.39. The summed E-state index contributed by atoms with van der Waals surface area (Å²) in [5, 5.41) is 8.98. The number of carbonyl (C=O) groups is 1. The van der Waals surface area contributed by atoms with Crippen molar-refractivity contribution in [3.63, 3.8) is 0 Å². The van der Waals surface area contributed by atoms with E-state index < -0.39 is 5.97 Å². The Morgan fingerprint density at radius 2 is 1.94 bits per heavy atom. The van der Waals surface area contributed by atoms with Gasteiger partial charge in [0.2, 0.25) is 0 Å². The maximum Gasteiger partial charge on any atom is 0.337 e. The minimum Gasteiger partial charge on any atom is -0.478 e. The molecule has 0 atom stereocenters. The molecule has 0 saturated carbocycles. The van der Waals surface area contributed by atoms with Crippen LogP contribution in [0.3, 0.4) is 0 Å². The second-order valence-electron chi connectivity index (χ2n) is 3.48. The van der Waals surface area contributed by atoms with Crippen LogP contribution in [0.4, 0.5) is 4.39 Å². The van der Waals surface area contributed by atoms with Crippen LogP contribution in [0.5, 0.6) is 0 Å². The van der Waals surface area contributed by atoms with Crippen LogP contribution in [0.2, 0.25) is 5.02 Å². The van der Waals surface area contributed by atoms with Gasteiger partial charge >= 0.3 is 5.97 Å². The van der Waals surface area contributed by atoms with Gasteiger partial charge in [0.05, 0.1) is 10.6 Å². The smallest absolute Gasteiger partial charge is 0.337 e. The fraction of sp³-hybridized carbons (Fsp3) is 0. The van der Waals surface area contributed by atoms with E-state index in [1.165, 1.54) is 30.0 Å². The van der Waals surface area contributed by atoms with E-state index in [1.807, 2.05) is 0 Å². The van der Waals surface area contributed by atoms with Gasteiger partial charge in [-0.25, -0.2) is 9.18 Å². The van der Waals surface area contributed by atoms with E-state index in [-0.39, 0.29) is 16.4 Å². The molecule has 2 rings (SSSR count). The third-order valence-corrected chi connectivity index (χ3v) is 3.59. The van der Waals surface area contributed by atoms with Gasteiger partial charge in [0.15, 0.2) is 0 Å². The average molecular weight is 283 g/mol. The van der Waals surface area contributed by atoms with Gasteiger partial charge in [-0.2, -0.15) is 0 Å². The molecule has 5 heteroatoms. The fourth-order valence-corrected chi connectivity index (χ4v) is 2.59. The minimum absolute atomic E-state index is 0.0366. The van der Waals surface area contributed by atoms with Crippen LogP contribution < -0.4 is 0 Å². The zero-order valence-corrected chi connectivity index (χ0v) is 10.6. The molecule has 0 spiro atoms. The maximum atomic E-state index is 13.4. The van der Waals surface area contributed by atoms with Crippen molar-refractivity contribution in [2.75, 3.05) is 0 Å². The Hall–Kier alpha value is -1.52. The third-order valence-electron chi connectivity index (χ3n) is 2.24. The number of carboxylic acids is 1. The number of carboxylic acid groups (broad SMARTS) is 1. The molecule has 0 aliphatic rings. The Kier molecular flexibility index (Phi) is 3.89. The topological polar surface area (TPSA) is 37.3 Å². The van der Waals surface area contributed by atoms with Gasteiger partial charge in [0.25, 0.3) is 0 Å². The molecule has 0 aromatic heterocycles. The lowest BCUT2D eigenvalue weighted by Crippen LogP contribution is -1.96. The second kappa shape index (κ2) is 5.42. The first-order chi connectivity index (χ1) is 8.58. The highest BCUT2D eigenvalue weighted by atomic mass is 35.5. The summed E-state index contributed by atoms with van der Waals surface area (Å²) in [7, 11) is 0. The Morgan fingerprint density at radius 1 is 1.22 bits per heavy atom. The van der Waals surface area contributed by atoms with Crippen molar-refractivity contribution >= 4 is 29.3 Å².